The molecule has 1 rings (SSSR count). The van der Waals surface area contributed by atoms with Gasteiger partial charge in [0.15, 0.2) is 0 Å². The maximum Gasteiger partial charge on any atom is 0.279 e. The highest BCUT2D eigenvalue weighted by Gasteiger charge is 1.99. The second-order valence-electron chi connectivity index (χ2n) is 2.99. The van der Waals surface area contributed by atoms with Gasteiger partial charge in [0.25, 0.3) is 6.54 Å². The van der Waals surface area contributed by atoms with Gasteiger partial charge < -0.3 is 0 Å². The van der Waals surface area contributed by atoms with Crippen molar-refractivity contribution in [1.82, 2.24) is 0 Å². The molecule has 0 aliphatic rings. The van der Waals surface area contributed by atoms with Crippen LogP contribution in [0, 0.1) is 23.6 Å². The lowest BCUT2D eigenvalue weighted by molar-refractivity contribution is -0.437. The molecule has 3 heteroatoms. The van der Waals surface area contributed by atoms with Gasteiger partial charge in [-0.15, -0.1) is 0 Å². The molecule has 1 radical (unpaired) electrons. The lowest BCUT2D eigenvalue weighted by Gasteiger charge is -1.98. The predicted octanol–water partition coefficient (Wildman–Crippen LogP) is 2.37. The molecule has 0 aromatic heterocycles. The van der Waals surface area contributed by atoms with Gasteiger partial charge in [-0.25, -0.2) is 0 Å². The molecule has 1 aromatic rings. The Morgan fingerprint density at radius 1 is 1.38 bits per heavy atom. The molecule has 0 amide bonds. The van der Waals surface area contributed by atoms with Crippen molar-refractivity contribution in [3.63, 3.8) is 0 Å². The summed E-state index contributed by atoms with van der Waals surface area (Å²) in [5.74, 6) is 0. The summed E-state index contributed by atoms with van der Waals surface area (Å²) >= 11 is 0. The van der Waals surface area contributed by atoms with Crippen LogP contribution in [0.25, 0.3) is 0 Å². The lowest BCUT2D eigenvalue weighted by Crippen LogP contribution is -1.95. The van der Waals surface area contributed by atoms with Gasteiger partial charge in [0.2, 0.25) is 0 Å². The molecular formula is C10H12NO2. The van der Waals surface area contributed by atoms with Crippen LogP contribution in [0.2, 0.25) is 0 Å². The fourth-order valence-corrected chi connectivity index (χ4v) is 1.09. The molecule has 13 heavy (non-hydrogen) atoms. The van der Waals surface area contributed by atoms with E-state index in [1.807, 2.05) is 31.2 Å². The molecule has 0 saturated heterocycles. The van der Waals surface area contributed by atoms with Crippen LogP contribution in [0.1, 0.15) is 17.5 Å². The van der Waals surface area contributed by atoms with Crippen molar-refractivity contribution < 1.29 is 4.92 Å². The summed E-state index contributed by atoms with van der Waals surface area (Å²) in [6, 6.07) is 8.04. The quantitative estimate of drug-likeness (QED) is 0.524. The van der Waals surface area contributed by atoms with E-state index in [2.05, 4.69) is 0 Å². The van der Waals surface area contributed by atoms with E-state index in [1.165, 1.54) is 5.56 Å². The average Bonchev–Trinajstić information content (AvgIpc) is 2.08. The van der Waals surface area contributed by atoms with E-state index in [-0.39, 0.29) is 0 Å². The molecule has 69 valence electrons. The van der Waals surface area contributed by atoms with E-state index < -0.39 is 4.92 Å². The SMILES string of the molecule is Cc1ccc(CC[CH][N+](=O)[O-])cc1. The molecule has 0 bridgehead atoms. The predicted molar refractivity (Wildman–Crippen MR) is 50.8 cm³/mol. The zero-order valence-electron chi connectivity index (χ0n) is 7.56. The highest BCUT2D eigenvalue weighted by Crippen LogP contribution is 2.06. The van der Waals surface area contributed by atoms with Gasteiger partial charge in [0, 0.05) is 11.3 Å². The molecule has 0 unspecified atom stereocenters. The zero-order valence-corrected chi connectivity index (χ0v) is 7.56. The smallest absolute Gasteiger partial charge is 0.264 e. The van der Waals surface area contributed by atoms with Crippen molar-refractivity contribution in [3.8, 4) is 0 Å². The Morgan fingerprint density at radius 3 is 2.54 bits per heavy atom. The lowest BCUT2D eigenvalue weighted by atomic mass is 10.1. The number of hydrogen-bond donors (Lipinski definition) is 0. The largest absolute Gasteiger partial charge is 0.279 e. The van der Waals surface area contributed by atoms with E-state index in [9.17, 15) is 10.1 Å². The van der Waals surface area contributed by atoms with Gasteiger partial charge in [-0.3, -0.25) is 10.1 Å². The van der Waals surface area contributed by atoms with Gasteiger partial charge in [-0.05, 0) is 18.9 Å². The third-order valence-corrected chi connectivity index (χ3v) is 1.83. The molecule has 0 N–H and O–H groups in total. The van der Waals surface area contributed by atoms with E-state index in [0.717, 1.165) is 18.5 Å². The Bertz CT molecular complexity index is 279. The van der Waals surface area contributed by atoms with Crippen LogP contribution >= 0.6 is 0 Å². The summed E-state index contributed by atoms with van der Waals surface area (Å²) in [6.07, 6.45) is 1.23. The first-order valence-corrected chi connectivity index (χ1v) is 4.21. The van der Waals surface area contributed by atoms with Crippen molar-refractivity contribution in [2.24, 2.45) is 0 Å². The monoisotopic (exact) mass is 178 g/mol. The third kappa shape index (κ3) is 3.69. The van der Waals surface area contributed by atoms with Crippen LogP contribution < -0.4 is 0 Å². The van der Waals surface area contributed by atoms with Crippen molar-refractivity contribution >= 4 is 0 Å². The Kier molecular flexibility index (Phi) is 3.43. The summed E-state index contributed by atoms with van der Waals surface area (Å²) in [7, 11) is 0. The van der Waals surface area contributed by atoms with Crippen molar-refractivity contribution in [1.29, 1.82) is 0 Å². The average molecular weight is 178 g/mol. The van der Waals surface area contributed by atoms with E-state index in [4.69, 9.17) is 0 Å². The van der Waals surface area contributed by atoms with Crippen molar-refractivity contribution in [2.75, 3.05) is 0 Å². The Balaban J connectivity index is 2.37. The number of hydrogen-bond acceptors (Lipinski definition) is 2. The van der Waals surface area contributed by atoms with Crippen LogP contribution in [-0.4, -0.2) is 4.92 Å². The molecule has 0 atom stereocenters. The fraction of sp³-hybridized carbons (Fsp3) is 0.300. The fourth-order valence-electron chi connectivity index (χ4n) is 1.09. The number of nitro groups is 1. The summed E-state index contributed by atoms with van der Waals surface area (Å²) < 4.78 is 0. The van der Waals surface area contributed by atoms with Crippen LogP contribution in [-0.2, 0) is 6.42 Å². The first-order valence-electron chi connectivity index (χ1n) is 4.21. The maximum absolute atomic E-state index is 9.99. The highest BCUT2D eigenvalue weighted by atomic mass is 16.6. The van der Waals surface area contributed by atoms with Crippen LogP contribution in [0.4, 0.5) is 0 Å². The van der Waals surface area contributed by atoms with E-state index in [0.29, 0.717) is 6.42 Å². The highest BCUT2D eigenvalue weighted by molar-refractivity contribution is 5.21. The van der Waals surface area contributed by atoms with E-state index in [1.54, 1.807) is 0 Å². The van der Waals surface area contributed by atoms with Crippen LogP contribution in [0.3, 0.4) is 0 Å². The molecule has 0 saturated carbocycles. The topological polar surface area (TPSA) is 43.1 Å². The summed E-state index contributed by atoms with van der Waals surface area (Å²) in [4.78, 5) is 9.60. The Morgan fingerprint density at radius 2 is 2.00 bits per heavy atom. The zero-order chi connectivity index (χ0) is 9.68. The number of aryl methyl sites for hydroxylation is 2. The minimum absolute atomic E-state index is 0.395. The van der Waals surface area contributed by atoms with Gasteiger partial charge in [0.05, 0.1) is 0 Å². The van der Waals surface area contributed by atoms with Crippen molar-refractivity contribution in [3.05, 3.63) is 52.1 Å². The second kappa shape index (κ2) is 4.60. The summed E-state index contributed by atoms with van der Waals surface area (Å²) in [6.45, 7) is 3.12. The first kappa shape index (κ1) is 9.71. The van der Waals surface area contributed by atoms with E-state index >= 15 is 0 Å². The number of nitrogens with zero attached hydrogens (tertiary/aromatic N) is 1. The van der Waals surface area contributed by atoms with Gasteiger partial charge >= 0.3 is 0 Å². The molecule has 0 fully saturated rings. The van der Waals surface area contributed by atoms with Gasteiger partial charge in [0.1, 0.15) is 0 Å². The van der Waals surface area contributed by atoms with Gasteiger partial charge in [-0.1, -0.05) is 29.8 Å². The maximum atomic E-state index is 9.99. The third-order valence-electron chi connectivity index (χ3n) is 1.83. The number of rotatable bonds is 4. The first-order chi connectivity index (χ1) is 6.18. The molecule has 0 heterocycles. The molecule has 3 nitrogen and oxygen atoms in total. The van der Waals surface area contributed by atoms with Crippen LogP contribution in [0.5, 0.6) is 0 Å². The Hall–Kier alpha value is -1.38. The summed E-state index contributed by atoms with van der Waals surface area (Å²) in [5.41, 5.74) is 2.35. The number of benzene rings is 1. The molecule has 0 spiro atoms. The van der Waals surface area contributed by atoms with Gasteiger partial charge in [-0.2, -0.15) is 0 Å². The standard InChI is InChI=1S/C10H12NO2/c1-9-4-6-10(7-5-9)3-2-8-11(12)13/h4-8H,2-3H2,1H3. The minimum atomic E-state index is -0.395. The van der Waals surface area contributed by atoms with Crippen LogP contribution in [0.15, 0.2) is 24.3 Å². The molecule has 0 aliphatic heterocycles. The molecule has 1 aromatic carbocycles. The minimum Gasteiger partial charge on any atom is -0.264 e. The summed E-state index contributed by atoms with van der Waals surface area (Å²) in [5, 5.41) is 9.99. The molecule has 0 aliphatic carbocycles. The molecular weight excluding hydrogens is 166 g/mol. The second-order valence-corrected chi connectivity index (χ2v) is 2.99. The normalized spacial score (nSPS) is 9.92. The Labute approximate surface area is 77.5 Å². The van der Waals surface area contributed by atoms with Crippen molar-refractivity contribution in [2.45, 2.75) is 19.8 Å².